The summed E-state index contributed by atoms with van der Waals surface area (Å²) in [5.74, 6) is 0.157. The van der Waals surface area contributed by atoms with E-state index in [2.05, 4.69) is 39.0 Å². The number of halogens is 1. The van der Waals surface area contributed by atoms with Crippen LogP contribution >= 0.6 is 11.6 Å². The van der Waals surface area contributed by atoms with Gasteiger partial charge in [0.05, 0.1) is 16.6 Å². The van der Waals surface area contributed by atoms with E-state index in [0.29, 0.717) is 22.5 Å². The molecule has 0 bridgehead atoms. The summed E-state index contributed by atoms with van der Waals surface area (Å²) in [6.07, 6.45) is 10.0. The molecule has 0 radical (unpaired) electrons. The molecule has 200 valence electrons. The van der Waals surface area contributed by atoms with Crippen LogP contribution < -0.4 is 4.90 Å². The number of nitrogens with zero attached hydrogens (tertiary/aromatic N) is 4. The second-order valence-electron chi connectivity index (χ2n) is 11.7. The number of hydrogen-bond donors (Lipinski definition) is 0. The summed E-state index contributed by atoms with van der Waals surface area (Å²) in [6.45, 7) is 4.39. The fraction of sp³-hybridized carbons (Fsp3) is 0.406. The summed E-state index contributed by atoms with van der Waals surface area (Å²) < 4.78 is 0. The van der Waals surface area contributed by atoms with Gasteiger partial charge < -0.3 is 14.7 Å². The number of pyridine rings is 1. The zero-order valence-corrected chi connectivity index (χ0v) is 22.9. The number of carbonyl (C=O) groups excluding carboxylic acids is 2. The zero-order chi connectivity index (χ0) is 26.6. The van der Waals surface area contributed by atoms with Crippen molar-refractivity contribution in [1.29, 1.82) is 0 Å². The average molecular weight is 541 g/mol. The number of piperidine rings is 2. The van der Waals surface area contributed by atoms with Gasteiger partial charge in [0.1, 0.15) is 0 Å². The number of likely N-dealkylation sites (tertiary alicyclic amines) is 1. The van der Waals surface area contributed by atoms with Crippen molar-refractivity contribution in [3.8, 4) is 0 Å². The molecule has 0 unspecified atom stereocenters. The molecule has 2 amide bonds. The Kier molecular flexibility index (Phi) is 6.11. The number of benzene rings is 2. The summed E-state index contributed by atoms with van der Waals surface area (Å²) in [5, 5.41) is 0.529. The minimum Gasteiger partial charge on any atom is -0.371 e. The molecule has 2 fully saturated rings. The van der Waals surface area contributed by atoms with Crippen molar-refractivity contribution in [1.82, 2.24) is 14.8 Å². The highest BCUT2D eigenvalue weighted by Gasteiger charge is 2.40. The molecular formula is C32H33ClN4O2. The van der Waals surface area contributed by atoms with Crippen molar-refractivity contribution in [2.45, 2.75) is 51.1 Å². The Hall–Kier alpha value is -3.38. The molecular weight excluding hydrogens is 508 g/mol. The second-order valence-corrected chi connectivity index (χ2v) is 12.1. The van der Waals surface area contributed by atoms with Crippen molar-refractivity contribution in [2.75, 3.05) is 31.1 Å². The molecule has 1 atom stereocenters. The molecule has 3 aromatic rings. The lowest BCUT2D eigenvalue weighted by Crippen LogP contribution is -2.48. The van der Waals surface area contributed by atoms with Crippen molar-refractivity contribution in [2.24, 2.45) is 5.41 Å². The van der Waals surface area contributed by atoms with Crippen LogP contribution in [-0.4, -0.2) is 52.8 Å². The molecule has 1 aromatic heterocycles. The molecule has 0 N–H and O–H groups in total. The van der Waals surface area contributed by atoms with Gasteiger partial charge in [-0.15, -0.1) is 0 Å². The van der Waals surface area contributed by atoms with Crippen LogP contribution in [0.1, 0.15) is 75.6 Å². The molecule has 1 spiro atoms. The third-order valence-electron chi connectivity index (χ3n) is 9.69. The maximum atomic E-state index is 13.5. The SMILES string of the molecule is O=C(c1ccc2c(c1)CC[C@@H]2N1Cc2cccc(Cl)c2C1=O)N1CCC2(CC1)CCN(c1ccncc1)CC2. The highest BCUT2D eigenvalue weighted by molar-refractivity contribution is 6.34. The van der Waals surface area contributed by atoms with Crippen LogP contribution in [0.2, 0.25) is 5.02 Å². The number of amides is 2. The summed E-state index contributed by atoms with van der Waals surface area (Å²) in [5.41, 5.74) is 6.39. The van der Waals surface area contributed by atoms with Gasteiger partial charge >= 0.3 is 0 Å². The number of aryl methyl sites for hydroxylation is 1. The molecule has 6 nitrogen and oxygen atoms in total. The molecule has 7 heteroatoms. The van der Waals surface area contributed by atoms with E-state index in [1.165, 1.54) is 29.7 Å². The van der Waals surface area contributed by atoms with E-state index in [4.69, 9.17) is 11.6 Å². The third-order valence-corrected chi connectivity index (χ3v) is 10.0. The Bertz CT molecular complexity index is 1420. The largest absolute Gasteiger partial charge is 0.371 e. The van der Waals surface area contributed by atoms with Crippen LogP contribution in [0, 0.1) is 5.41 Å². The first kappa shape index (κ1) is 24.6. The number of hydrogen-bond acceptors (Lipinski definition) is 4. The molecule has 3 aliphatic heterocycles. The van der Waals surface area contributed by atoms with Crippen LogP contribution in [0.15, 0.2) is 60.9 Å². The summed E-state index contributed by atoms with van der Waals surface area (Å²) >= 11 is 6.35. The lowest BCUT2D eigenvalue weighted by molar-refractivity contribution is 0.0514. The first-order chi connectivity index (χ1) is 19.0. The minimum absolute atomic E-state index is 0.0162. The Morgan fingerprint density at radius 3 is 2.41 bits per heavy atom. The van der Waals surface area contributed by atoms with Crippen LogP contribution in [-0.2, 0) is 13.0 Å². The van der Waals surface area contributed by atoms with Crippen molar-refractivity contribution >= 4 is 29.1 Å². The molecule has 2 aromatic carbocycles. The fourth-order valence-electron chi connectivity index (χ4n) is 7.30. The zero-order valence-electron chi connectivity index (χ0n) is 22.1. The van der Waals surface area contributed by atoms with Crippen molar-refractivity contribution in [3.05, 3.63) is 93.8 Å². The Labute approximate surface area is 234 Å². The molecule has 4 aliphatic rings. The summed E-state index contributed by atoms with van der Waals surface area (Å²) in [7, 11) is 0. The maximum Gasteiger partial charge on any atom is 0.256 e. The van der Waals surface area contributed by atoms with Crippen LogP contribution in [0.5, 0.6) is 0 Å². The van der Waals surface area contributed by atoms with E-state index in [-0.39, 0.29) is 17.9 Å². The normalized spacial score (nSPS) is 21.8. The van der Waals surface area contributed by atoms with Gasteiger partial charge in [-0.1, -0.05) is 29.8 Å². The van der Waals surface area contributed by atoms with E-state index in [0.717, 1.165) is 63.0 Å². The molecule has 7 rings (SSSR count). The standard InChI is InChI=1S/C32H33ClN4O2/c33-27-3-1-2-24-21-37(31(39)29(24)27)28-7-5-22-20-23(4-6-26(22)28)30(38)36-18-12-32(13-19-36)10-16-35(17-11-32)25-8-14-34-15-9-25/h1-4,6,8-9,14-15,20,28H,5,7,10-13,16-19,21H2/t28-/m0/s1. The molecule has 2 saturated heterocycles. The van der Waals surface area contributed by atoms with Gasteiger partial charge in [0.15, 0.2) is 0 Å². The number of rotatable bonds is 3. The highest BCUT2D eigenvalue weighted by atomic mass is 35.5. The molecule has 1 aliphatic carbocycles. The first-order valence-corrected chi connectivity index (χ1v) is 14.5. The maximum absolute atomic E-state index is 13.5. The van der Waals surface area contributed by atoms with Gasteiger partial charge in [-0.25, -0.2) is 0 Å². The quantitative estimate of drug-likeness (QED) is 0.415. The van der Waals surface area contributed by atoms with Gasteiger partial charge in [0.2, 0.25) is 0 Å². The van der Waals surface area contributed by atoms with Crippen molar-refractivity contribution < 1.29 is 9.59 Å². The monoisotopic (exact) mass is 540 g/mol. The average Bonchev–Trinajstić information content (AvgIpc) is 3.54. The van der Waals surface area contributed by atoms with Gasteiger partial charge in [0.25, 0.3) is 11.8 Å². The van der Waals surface area contributed by atoms with E-state index >= 15 is 0 Å². The Morgan fingerprint density at radius 1 is 0.923 bits per heavy atom. The van der Waals surface area contributed by atoms with E-state index in [1.807, 2.05) is 35.5 Å². The second kappa shape index (κ2) is 9.67. The van der Waals surface area contributed by atoms with E-state index in [9.17, 15) is 9.59 Å². The van der Waals surface area contributed by atoms with Gasteiger partial charge in [0, 0.05) is 56.4 Å². The molecule has 39 heavy (non-hydrogen) atoms. The fourth-order valence-corrected chi connectivity index (χ4v) is 7.58. The predicted molar refractivity (Wildman–Crippen MR) is 152 cm³/mol. The van der Waals surface area contributed by atoms with Crippen molar-refractivity contribution in [3.63, 3.8) is 0 Å². The number of carbonyl (C=O) groups is 2. The summed E-state index contributed by atoms with van der Waals surface area (Å²) in [6, 6.07) is 16.0. The smallest absolute Gasteiger partial charge is 0.256 e. The third kappa shape index (κ3) is 4.29. The van der Waals surface area contributed by atoms with Gasteiger partial charge in [-0.3, -0.25) is 14.6 Å². The van der Waals surface area contributed by atoms with Crippen LogP contribution in [0.4, 0.5) is 5.69 Å². The van der Waals surface area contributed by atoms with Crippen LogP contribution in [0.3, 0.4) is 0 Å². The predicted octanol–water partition coefficient (Wildman–Crippen LogP) is 5.90. The topological polar surface area (TPSA) is 56.8 Å². The Morgan fingerprint density at radius 2 is 1.67 bits per heavy atom. The first-order valence-electron chi connectivity index (χ1n) is 14.2. The molecule has 0 saturated carbocycles. The minimum atomic E-state index is 0.0162. The van der Waals surface area contributed by atoms with E-state index < -0.39 is 0 Å². The highest BCUT2D eigenvalue weighted by Crippen LogP contribution is 2.44. The van der Waals surface area contributed by atoms with Gasteiger partial charge in [-0.05, 0) is 91.0 Å². The van der Waals surface area contributed by atoms with Gasteiger partial charge in [-0.2, -0.15) is 0 Å². The Balaban J connectivity index is 0.993. The van der Waals surface area contributed by atoms with Crippen LogP contribution in [0.25, 0.3) is 0 Å². The summed E-state index contributed by atoms with van der Waals surface area (Å²) in [4.78, 5) is 37.3. The molecule has 4 heterocycles. The number of aromatic nitrogens is 1. The number of fused-ring (bicyclic) bond motifs is 2. The number of anilines is 1. The lowest BCUT2D eigenvalue weighted by Gasteiger charge is -2.47. The van der Waals surface area contributed by atoms with E-state index in [1.54, 1.807) is 6.07 Å². The lowest BCUT2D eigenvalue weighted by atomic mass is 9.71.